The van der Waals surface area contributed by atoms with Crippen LogP contribution in [0.3, 0.4) is 0 Å². The highest BCUT2D eigenvalue weighted by Crippen LogP contribution is 2.17. The number of rotatable bonds is 3. The molecule has 0 saturated carbocycles. The van der Waals surface area contributed by atoms with E-state index in [1.807, 2.05) is 0 Å². The van der Waals surface area contributed by atoms with E-state index in [1.165, 1.54) is 0 Å². The van der Waals surface area contributed by atoms with Gasteiger partial charge in [0.15, 0.2) is 11.6 Å². The van der Waals surface area contributed by atoms with Crippen LogP contribution in [0.15, 0.2) is 18.2 Å². The second-order valence-electron chi connectivity index (χ2n) is 3.10. The summed E-state index contributed by atoms with van der Waals surface area (Å²) in [5.74, 6) is -3.98. The number of carbonyl (C=O) groups excluding carboxylic acids is 1. The summed E-state index contributed by atoms with van der Waals surface area (Å²) < 4.78 is 25.5. The zero-order valence-electron chi connectivity index (χ0n) is 8.41. The Kier molecular flexibility index (Phi) is 3.55. The molecule has 16 heavy (non-hydrogen) atoms. The van der Waals surface area contributed by atoms with Gasteiger partial charge in [0.2, 0.25) is 5.91 Å². The number of carboxylic acid groups (broad SMARTS) is 1. The minimum absolute atomic E-state index is 0.00815. The van der Waals surface area contributed by atoms with Gasteiger partial charge < -0.3 is 10.0 Å². The van der Waals surface area contributed by atoms with Crippen LogP contribution in [0.4, 0.5) is 14.5 Å². The predicted molar refractivity (Wildman–Crippen MR) is 52.0 cm³/mol. The SMILES string of the molecule is CC(=O)N(CC(=O)O)c1ccc(F)c(F)c1. The third-order valence-electron chi connectivity index (χ3n) is 1.89. The van der Waals surface area contributed by atoms with Crippen LogP contribution in [0.25, 0.3) is 0 Å². The third-order valence-corrected chi connectivity index (χ3v) is 1.89. The number of amides is 1. The van der Waals surface area contributed by atoms with Crippen molar-refractivity contribution in [1.82, 2.24) is 0 Å². The maximum Gasteiger partial charge on any atom is 0.323 e. The van der Waals surface area contributed by atoms with Crippen LogP contribution in [-0.4, -0.2) is 23.5 Å². The van der Waals surface area contributed by atoms with Gasteiger partial charge in [-0.05, 0) is 12.1 Å². The fourth-order valence-electron chi connectivity index (χ4n) is 1.17. The number of hydrogen-bond donors (Lipinski definition) is 1. The molecule has 1 aromatic rings. The van der Waals surface area contributed by atoms with Gasteiger partial charge in [-0.3, -0.25) is 9.59 Å². The monoisotopic (exact) mass is 229 g/mol. The summed E-state index contributed by atoms with van der Waals surface area (Å²) in [5.41, 5.74) is 0.00815. The lowest BCUT2D eigenvalue weighted by Crippen LogP contribution is -2.33. The Morgan fingerprint density at radius 1 is 1.31 bits per heavy atom. The largest absolute Gasteiger partial charge is 0.480 e. The van der Waals surface area contributed by atoms with Crippen LogP contribution in [-0.2, 0) is 9.59 Å². The van der Waals surface area contributed by atoms with E-state index >= 15 is 0 Å². The van der Waals surface area contributed by atoms with Crippen LogP contribution >= 0.6 is 0 Å². The number of anilines is 1. The van der Waals surface area contributed by atoms with E-state index in [9.17, 15) is 18.4 Å². The molecule has 0 aromatic heterocycles. The van der Waals surface area contributed by atoms with Gasteiger partial charge in [-0.2, -0.15) is 0 Å². The summed E-state index contributed by atoms with van der Waals surface area (Å²) in [7, 11) is 0. The Balaban J connectivity index is 3.06. The maximum atomic E-state index is 12.9. The summed E-state index contributed by atoms with van der Waals surface area (Å²) >= 11 is 0. The van der Waals surface area contributed by atoms with Crippen molar-refractivity contribution < 1.29 is 23.5 Å². The van der Waals surface area contributed by atoms with E-state index in [0.29, 0.717) is 0 Å². The maximum absolute atomic E-state index is 12.9. The Morgan fingerprint density at radius 3 is 2.38 bits per heavy atom. The first-order valence-electron chi connectivity index (χ1n) is 4.36. The van der Waals surface area contributed by atoms with Crippen molar-refractivity contribution in [2.45, 2.75) is 6.92 Å². The number of aliphatic carboxylic acids is 1. The highest BCUT2D eigenvalue weighted by Gasteiger charge is 2.16. The van der Waals surface area contributed by atoms with Crippen molar-refractivity contribution in [2.75, 3.05) is 11.4 Å². The number of hydrogen-bond acceptors (Lipinski definition) is 2. The lowest BCUT2D eigenvalue weighted by molar-refractivity contribution is -0.136. The molecule has 0 fully saturated rings. The zero-order chi connectivity index (χ0) is 12.3. The molecular formula is C10H9F2NO3. The summed E-state index contributed by atoms with van der Waals surface area (Å²) in [6.45, 7) is 0.546. The van der Waals surface area contributed by atoms with Crippen LogP contribution in [0, 0.1) is 11.6 Å². The molecule has 0 aliphatic heterocycles. The minimum atomic E-state index is -1.24. The van der Waals surface area contributed by atoms with Crippen molar-refractivity contribution in [2.24, 2.45) is 0 Å². The van der Waals surface area contributed by atoms with E-state index in [1.54, 1.807) is 0 Å². The van der Waals surface area contributed by atoms with Gasteiger partial charge in [0.05, 0.1) is 0 Å². The average molecular weight is 229 g/mol. The Morgan fingerprint density at radius 2 is 1.94 bits per heavy atom. The van der Waals surface area contributed by atoms with Gasteiger partial charge >= 0.3 is 5.97 Å². The molecule has 0 saturated heterocycles. The van der Waals surface area contributed by atoms with E-state index in [-0.39, 0.29) is 5.69 Å². The third kappa shape index (κ3) is 2.75. The first kappa shape index (κ1) is 12.1. The van der Waals surface area contributed by atoms with Gasteiger partial charge in [0.25, 0.3) is 0 Å². The first-order chi connectivity index (χ1) is 7.41. The van der Waals surface area contributed by atoms with Crippen LogP contribution < -0.4 is 4.90 Å². The summed E-state index contributed by atoms with van der Waals surface area (Å²) in [4.78, 5) is 22.4. The Hall–Kier alpha value is -1.98. The van der Waals surface area contributed by atoms with Gasteiger partial charge in [-0.1, -0.05) is 0 Å². The molecule has 0 unspecified atom stereocenters. The molecule has 0 bridgehead atoms. The fourth-order valence-corrected chi connectivity index (χ4v) is 1.17. The highest BCUT2D eigenvalue weighted by molar-refractivity contribution is 5.95. The summed E-state index contributed by atoms with van der Waals surface area (Å²) in [6, 6.07) is 2.75. The van der Waals surface area contributed by atoms with Crippen molar-refractivity contribution in [3.05, 3.63) is 29.8 Å². The second kappa shape index (κ2) is 4.69. The van der Waals surface area contributed by atoms with E-state index < -0.39 is 30.1 Å². The lowest BCUT2D eigenvalue weighted by atomic mass is 10.2. The molecule has 1 rings (SSSR count). The number of halogens is 2. The van der Waals surface area contributed by atoms with Crippen molar-refractivity contribution in [1.29, 1.82) is 0 Å². The van der Waals surface area contributed by atoms with Crippen LogP contribution in [0.2, 0.25) is 0 Å². The van der Waals surface area contributed by atoms with Gasteiger partial charge in [0, 0.05) is 18.7 Å². The first-order valence-corrected chi connectivity index (χ1v) is 4.36. The molecule has 0 spiro atoms. The highest BCUT2D eigenvalue weighted by atomic mass is 19.2. The molecule has 1 N–H and O–H groups in total. The van der Waals surface area contributed by atoms with Crippen molar-refractivity contribution in [3.8, 4) is 0 Å². The van der Waals surface area contributed by atoms with Crippen molar-refractivity contribution in [3.63, 3.8) is 0 Å². The molecular weight excluding hydrogens is 220 g/mol. The quantitative estimate of drug-likeness (QED) is 0.852. The molecule has 1 aromatic carbocycles. The molecule has 0 atom stereocenters. The molecule has 1 amide bonds. The van der Waals surface area contributed by atoms with E-state index in [0.717, 1.165) is 30.0 Å². The smallest absolute Gasteiger partial charge is 0.323 e. The van der Waals surface area contributed by atoms with Gasteiger partial charge in [0.1, 0.15) is 6.54 Å². The van der Waals surface area contributed by atoms with Crippen LogP contribution in [0.5, 0.6) is 0 Å². The normalized spacial score (nSPS) is 9.94. The summed E-state index contributed by atoms with van der Waals surface area (Å²) in [5, 5.41) is 8.56. The number of nitrogens with zero attached hydrogens (tertiary/aromatic N) is 1. The molecule has 0 radical (unpaired) electrons. The molecule has 0 aliphatic carbocycles. The summed E-state index contributed by atoms with van der Waals surface area (Å²) in [6.07, 6.45) is 0. The van der Waals surface area contributed by atoms with Gasteiger partial charge in [-0.25, -0.2) is 8.78 Å². The fraction of sp³-hybridized carbons (Fsp3) is 0.200. The Labute approximate surface area is 90.1 Å². The molecule has 6 heteroatoms. The van der Waals surface area contributed by atoms with Crippen molar-refractivity contribution >= 4 is 17.6 Å². The Bertz CT molecular complexity index is 434. The second-order valence-corrected chi connectivity index (χ2v) is 3.10. The molecule has 86 valence electrons. The predicted octanol–water partition coefficient (Wildman–Crippen LogP) is 1.40. The van der Waals surface area contributed by atoms with Gasteiger partial charge in [-0.15, -0.1) is 0 Å². The number of carboxylic acids is 1. The standard InChI is InChI=1S/C10H9F2NO3/c1-6(14)13(5-10(15)16)7-2-3-8(11)9(12)4-7/h2-4H,5H2,1H3,(H,15,16). The lowest BCUT2D eigenvalue weighted by Gasteiger charge is -2.18. The van der Waals surface area contributed by atoms with Crippen LogP contribution in [0.1, 0.15) is 6.92 Å². The number of benzene rings is 1. The topological polar surface area (TPSA) is 57.6 Å². The number of carbonyl (C=O) groups is 2. The van der Waals surface area contributed by atoms with E-state index in [2.05, 4.69) is 0 Å². The zero-order valence-corrected chi connectivity index (χ0v) is 8.41. The molecule has 0 aliphatic rings. The average Bonchev–Trinajstić information content (AvgIpc) is 2.18. The minimum Gasteiger partial charge on any atom is -0.480 e. The molecule has 0 heterocycles. The molecule has 4 nitrogen and oxygen atoms in total. The van der Waals surface area contributed by atoms with E-state index in [4.69, 9.17) is 5.11 Å².